The number of ether oxygens (including phenoxy) is 7. The van der Waals surface area contributed by atoms with Crippen LogP contribution in [0.5, 0.6) is 0 Å². The molecule has 246 valence electrons. The van der Waals surface area contributed by atoms with Gasteiger partial charge in [0.1, 0.15) is 85.5 Å². The van der Waals surface area contributed by atoms with Crippen molar-refractivity contribution in [2.24, 2.45) is 0 Å². The van der Waals surface area contributed by atoms with Gasteiger partial charge in [-0.15, -0.1) is 0 Å². The molecule has 19 nitrogen and oxygen atoms in total. The molecule has 0 saturated carbocycles. The van der Waals surface area contributed by atoms with Gasteiger partial charge >= 0.3 is 0 Å². The monoisotopic (exact) mass is 620 g/mol. The zero-order chi connectivity index (χ0) is 31.0. The van der Waals surface area contributed by atoms with Crippen LogP contribution in [0.4, 0.5) is 0 Å². The molecule has 12 N–H and O–H groups in total. The maximum atomic E-state index is 11.3. The lowest BCUT2D eigenvalue weighted by atomic mass is 9.96. The third kappa shape index (κ3) is 6.60. The molecule has 4 fully saturated rings. The van der Waals surface area contributed by atoms with Crippen LogP contribution in [0.2, 0.25) is 0 Å². The third-order valence-corrected chi connectivity index (χ3v) is 7.81. The highest BCUT2D eigenvalue weighted by Gasteiger charge is 2.55. The molecule has 0 amide bonds. The van der Waals surface area contributed by atoms with Gasteiger partial charge in [-0.1, -0.05) is 0 Å². The van der Waals surface area contributed by atoms with Crippen molar-refractivity contribution in [3.8, 4) is 0 Å². The molecule has 4 heterocycles. The van der Waals surface area contributed by atoms with Crippen molar-refractivity contribution >= 4 is 0 Å². The quantitative estimate of drug-likeness (QED) is 0.114. The fourth-order valence-corrected chi connectivity index (χ4v) is 5.29. The van der Waals surface area contributed by atoms with Gasteiger partial charge in [0, 0.05) is 0 Å². The molecular weight excluding hydrogens is 580 g/mol. The van der Waals surface area contributed by atoms with E-state index in [0.29, 0.717) is 0 Å². The molecule has 4 aliphatic rings. The zero-order valence-electron chi connectivity index (χ0n) is 22.3. The molecule has 4 rings (SSSR count). The molecule has 4 saturated heterocycles. The smallest absolute Gasteiger partial charge is 0.187 e. The summed E-state index contributed by atoms with van der Waals surface area (Å²) >= 11 is 0. The largest absolute Gasteiger partial charge is 0.394 e. The maximum Gasteiger partial charge on any atom is 0.187 e. The van der Waals surface area contributed by atoms with Gasteiger partial charge in [0.15, 0.2) is 25.2 Å². The number of aliphatic hydroxyl groups excluding tert-OH is 12. The van der Waals surface area contributed by atoms with Crippen molar-refractivity contribution in [1.29, 1.82) is 0 Å². The van der Waals surface area contributed by atoms with Crippen LogP contribution in [0.3, 0.4) is 0 Å². The Morgan fingerprint density at radius 2 is 0.833 bits per heavy atom. The van der Waals surface area contributed by atoms with Gasteiger partial charge < -0.3 is 94.4 Å². The standard InChI is InChI=1S/C23H40O19/c1-5-17(40-21-14(32)11(29)8(4-26)39-21)18(41-22-15(33)12(30)9(27)7(3-25)38-22)16(34)23(36-5)42-19-13(31)10(28)6(2-24)37-20(19)35/h5-35H,2-4H2,1H3/t5-,6+,7+,8-,9+,10+,11-,12-,13-,14+,15+,16+,17-,18-,19+,20+,21-,22-,23-/m0/s1. The maximum absolute atomic E-state index is 11.3. The highest BCUT2D eigenvalue weighted by Crippen LogP contribution is 2.35. The van der Waals surface area contributed by atoms with Crippen LogP contribution in [0.1, 0.15) is 6.92 Å². The van der Waals surface area contributed by atoms with E-state index >= 15 is 0 Å². The summed E-state index contributed by atoms with van der Waals surface area (Å²) in [6.07, 6.45) is -31.2. The predicted molar refractivity (Wildman–Crippen MR) is 126 cm³/mol. The highest BCUT2D eigenvalue weighted by atomic mass is 16.8. The number of rotatable bonds is 9. The van der Waals surface area contributed by atoms with Gasteiger partial charge in [0.25, 0.3) is 0 Å². The van der Waals surface area contributed by atoms with E-state index < -0.39 is 137 Å². The fraction of sp³-hybridized carbons (Fsp3) is 1.00. The summed E-state index contributed by atoms with van der Waals surface area (Å²) in [5.41, 5.74) is 0. The van der Waals surface area contributed by atoms with Gasteiger partial charge in [-0.25, -0.2) is 0 Å². The normalized spacial score (nSPS) is 53.8. The predicted octanol–water partition coefficient (Wildman–Crippen LogP) is -8.08. The van der Waals surface area contributed by atoms with Crippen molar-refractivity contribution in [3.05, 3.63) is 0 Å². The van der Waals surface area contributed by atoms with E-state index in [2.05, 4.69) is 0 Å². The van der Waals surface area contributed by atoms with Gasteiger partial charge in [0.2, 0.25) is 0 Å². The molecular formula is C23H40O19. The van der Waals surface area contributed by atoms with E-state index in [1.807, 2.05) is 0 Å². The van der Waals surface area contributed by atoms with Gasteiger partial charge in [-0.3, -0.25) is 0 Å². The summed E-state index contributed by atoms with van der Waals surface area (Å²) in [5, 5.41) is 122. The molecule has 42 heavy (non-hydrogen) atoms. The van der Waals surface area contributed by atoms with Crippen LogP contribution < -0.4 is 0 Å². The Hall–Kier alpha value is -0.760. The number of aliphatic hydroxyl groups is 12. The SMILES string of the molecule is C[C@@H]1O[C@@H](O[C@@H]2[C@@H](O)[C@H](O)[C@@H](CO)O[C@H]2O)[C@H](O)[C@H](O[C@@H]2O[C@H](CO)[C@@H](O)[C@H](O)[C@H]2O)[C@H]1O[C@@H]1O[C@@H](CO)[C@H](O)[C@H]1O. The van der Waals surface area contributed by atoms with Gasteiger partial charge in [0.05, 0.1) is 25.9 Å². The van der Waals surface area contributed by atoms with Crippen molar-refractivity contribution in [3.63, 3.8) is 0 Å². The first kappa shape index (κ1) is 34.1. The second-order valence-corrected chi connectivity index (χ2v) is 10.6. The van der Waals surface area contributed by atoms with E-state index in [4.69, 9.17) is 33.2 Å². The summed E-state index contributed by atoms with van der Waals surface area (Å²) < 4.78 is 38.6. The number of hydrogen-bond acceptors (Lipinski definition) is 19. The first-order valence-corrected chi connectivity index (χ1v) is 13.4. The fourth-order valence-electron chi connectivity index (χ4n) is 5.29. The summed E-state index contributed by atoms with van der Waals surface area (Å²) in [6.45, 7) is -0.815. The Labute approximate surface area is 238 Å². The van der Waals surface area contributed by atoms with Crippen molar-refractivity contribution in [2.45, 2.75) is 124 Å². The highest BCUT2D eigenvalue weighted by molar-refractivity contribution is 4.97. The summed E-state index contributed by atoms with van der Waals surface area (Å²) in [7, 11) is 0. The van der Waals surface area contributed by atoms with E-state index in [1.54, 1.807) is 0 Å². The molecule has 0 spiro atoms. The van der Waals surface area contributed by atoms with Crippen LogP contribution in [0.15, 0.2) is 0 Å². The summed E-state index contributed by atoms with van der Waals surface area (Å²) in [4.78, 5) is 0. The second-order valence-electron chi connectivity index (χ2n) is 10.6. The topological polar surface area (TPSA) is 307 Å². The number of hydrogen-bond donors (Lipinski definition) is 12. The average Bonchev–Trinajstić information content (AvgIpc) is 3.24. The Kier molecular flexibility index (Phi) is 11.5. The first-order valence-electron chi connectivity index (χ1n) is 13.4. The third-order valence-electron chi connectivity index (χ3n) is 7.81. The minimum absolute atomic E-state index is 0.671. The molecule has 0 aromatic carbocycles. The first-order chi connectivity index (χ1) is 19.8. The molecule has 0 aromatic heterocycles. The van der Waals surface area contributed by atoms with E-state index in [9.17, 15) is 61.3 Å². The van der Waals surface area contributed by atoms with Crippen LogP contribution in [0.25, 0.3) is 0 Å². The minimum atomic E-state index is -1.94. The van der Waals surface area contributed by atoms with Crippen LogP contribution in [-0.4, -0.2) is 198 Å². The zero-order valence-corrected chi connectivity index (χ0v) is 22.3. The lowest BCUT2D eigenvalue weighted by Crippen LogP contribution is -2.66. The molecule has 0 radical (unpaired) electrons. The molecule has 0 unspecified atom stereocenters. The Morgan fingerprint density at radius 1 is 0.429 bits per heavy atom. The second kappa shape index (κ2) is 14.1. The van der Waals surface area contributed by atoms with Crippen molar-refractivity contribution in [1.82, 2.24) is 0 Å². The Bertz CT molecular complexity index is 853. The van der Waals surface area contributed by atoms with Crippen molar-refractivity contribution in [2.75, 3.05) is 19.8 Å². The van der Waals surface area contributed by atoms with Crippen molar-refractivity contribution < 1.29 is 94.4 Å². The summed E-state index contributed by atoms with van der Waals surface area (Å²) in [6, 6.07) is 0. The van der Waals surface area contributed by atoms with Crippen LogP contribution >= 0.6 is 0 Å². The van der Waals surface area contributed by atoms with Gasteiger partial charge in [-0.2, -0.15) is 0 Å². The molecule has 0 aliphatic carbocycles. The van der Waals surface area contributed by atoms with Gasteiger partial charge in [-0.05, 0) is 6.92 Å². The average molecular weight is 621 g/mol. The Morgan fingerprint density at radius 3 is 1.38 bits per heavy atom. The molecule has 0 aromatic rings. The van der Waals surface area contributed by atoms with E-state index in [1.165, 1.54) is 6.92 Å². The molecule has 4 aliphatic heterocycles. The molecule has 19 heteroatoms. The summed E-state index contributed by atoms with van der Waals surface area (Å²) in [5.74, 6) is 0. The molecule has 0 bridgehead atoms. The van der Waals surface area contributed by atoms with Crippen LogP contribution in [0, 0.1) is 0 Å². The lowest BCUT2D eigenvalue weighted by molar-refractivity contribution is -0.390. The Balaban J connectivity index is 1.58. The van der Waals surface area contributed by atoms with Crippen LogP contribution in [-0.2, 0) is 33.2 Å². The minimum Gasteiger partial charge on any atom is -0.394 e. The lowest BCUT2D eigenvalue weighted by Gasteiger charge is -2.48. The van der Waals surface area contributed by atoms with E-state index in [-0.39, 0.29) is 0 Å². The van der Waals surface area contributed by atoms with E-state index in [0.717, 1.165) is 0 Å². The molecule has 19 atom stereocenters.